The summed E-state index contributed by atoms with van der Waals surface area (Å²) in [5.41, 5.74) is -0.359. The predicted molar refractivity (Wildman–Crippen MR) is 101 cm³/mol. The average molecular weight is 430 g/mol. The molecule has 29 heavy (non-hydrogen) atoms. The Morgan fingerprint density at radius 3 is 2.76 bits per heavy atom. The first kappa shape index (κ1) is 20.1. The van der Waals surface area contributed by atoms with E-state index in [-0.39, 0.29) is 37.1 Å². The van der Waals surface area contributed by atoms with Crippen molar-refractivity contribution in [2.24, 2.45) is 0 Å². The minimum Gasteiger partial charge on any atom is -0.377 e. The van der Waals surface area contributed by atoms with E-state index < -0.39 is 12.2 Å². The molecule has 1 saturated heterocycles. The zero-order chi connectivity index (χ0) is 20.8. The lowest BCUT2D eigenvalue weighted by Crippen LogP contribution is -2.52. The molecule has 158 valence electrons. The van der Waals surface area contributed by atoms with Gasteiger partial charge in [-0.2, -0.15) is 18.2 Å². The van der Waals surface area contributed by atoms with E-state index in [0.29, 0.717) is 35.6 Å². The number of aromatic nitrogens is 4. The first-order valence-electron chi connectivity index (χ1n) is 9.32. The fourth-order valence-corrected chi connectivity index (χ4v) is 4.45. The Labute approximate surface area is 168 Å². The second-order valence-corrected chi connectivity index (χ2v) is 8.48. The van der Waals surface area contributed by atoms with E-state index in [1.54, 1.807) is 6.92 Å². The third kappa shape index (κ3) is 3.95. The largest absolute Gasteiger partial charge is 0.408 e. The molecule has 4 heterocycles. The standard InChI is InChI=1S/C17H21F3N6O2S/c1-10-9-28-6-5-24(10)13-7-15(27)25-4-3-12(17(18,19)20)26(16(25)21-13)8-14-23-22-11(2)29-14/h7,10,12H,3-6,8-9H2,1-2H3/t10-,12+/m1/s1. The number of nitrogens with zero attached hydrogens (tertiary/aromatic N) is 6. The minimum absolute atomic E-state index is 0.0209. The van der Waals surface area contributed by atoms with E-state index in [4.69, 9.17) is 4.74 Å². The van der Waals surface area contributed by atoms with Gasteiger partial charge >= 0.3 is 6.18 Å². The molecule has 2 aliphatic rings. The summed E-state index contributed by atoms with van der Waals surface area (Å²) in [6.07, 6.45) is -4.67. The van der Waals surface area contributed by atoms with Crippen LogP contribution in [0.15, 0.2) is 10.9 Å². The van der Waals surface area contributed by atoms with E-state index in [0.717, 1.165) is 4.90 Å². The maximum absolute atomic E-state index is 13.8. The summed E-state index contributed by atoms with van der Waals surface area (Å²) >= 11 is 1.23. The van der Waals surface area contributed by atoms with Crippen molar-refractivity contribution in [3.8, 4) is 0 Å². The molecule has 0 unspecified atom stereocenters. The molecule has 2 atom stereocenters. The van der Waals surface area contributed by atoms with Gasteiger partial charge in [-0.15, -0.1) is 10.2 Å². The normalized spacial score (nSPS) is 22.7. The van der Waals surface area contributed by atoms with Gasteiger partial charge in [0.1, 0.15) is 21.9 Å². The minimum atomic E-state index is -4.45. The Morgan fingerprint density at radius 2 is 2.10 bits per heavy atom. The summed E-state index contributed by atoms with van der Waals surface area (Å²) in [7, 11) is 0. The molecule has 0 saturated carbocycles. The van der Waals surface area contributed by atoms with Crippen LogP contribution >= 0.6 is 11.3 Å². The molecular formula is C17H21F3N6O2S. The van der Waals surface area contributed by atoms with Gasteiger partial charge in [-0.25, -0.2) is 0 Å². The van der Waals surface area contributed by atoms with Crippen molar-refractivity contribution in [2.45, 2.75) is 51.6 Å². The monoisotopic (exact) mass is 430 g/mol. The summed E-state index contributed by atoms with van der Waals surface area (Å²) in [5, 5.41) is 8.97. The second-order valence-electron chi connectivity index (χ2n) is 7.21. The van der Waals surface area contributed by atoms with E-state index in [1.807, 2.05) is 11.8 Å². The summed E-state index contributed by atoms with van der Waals surface area (Å²) < 4.78 is 48.1. The quantitative estimate of drug-likeness (QED) is 0.737. The van der Waals surface area contributed by atoms with Crippen LogP contribution in [0.25, 0.3) is 0 Å². The molecule has 0 radical (unpaired) electrons. The van der Waals surface area contributed by atoms with Crippen LogP contribution in [0.5, 0.6) is 0 Å². The van der Waals surface area contributed by atoms with Gasteiger partial charge in [-0.3, -0.25) is 9.36 Å². The Kier molecular flexibility index (Phi) is 5.23. The lowest BCUT2D eigenvalue weighted by atomic mass is 10.1. The average Bonchev–Trinajstić information content (AvgIpc) is 3.06. The number of alkyl halides is 3. The molecule has 4 rings (SSSR count). The smallest absolute Gasteiger partial charge is 0.377 e. The van der Waals surface area contributed by atoms with Crippen molar-refractivity contribution in [1.82, 2.24) is 19.7 Å². The third-order valence-electron chi connectivity index (χ3n) is 5.15. The summed E-state index contributed by atoms with van der Waals surface area (Å²) in [6.45, 7) is 5.00. The molecule has 8 nitrogen and oxygen atoms in total. The topological polar surface area (TPSA) is 76.4 Å². The number of ether oxygens (including phenoxy) is 1. The number of hydrogen-bond donors (Lipinski definition) is 0. The number of halogens is 3. The van der Waals surface area contributed by atoms with Crippen molar-refractivity contribution < 1.29 is 17.9 Å². The van der Waals surface area contributed by atoms with Crippen molar-refractivity contribution >= 4 is 23.1 Å². The van der Waals surface area contributed by atoms with Crippen LogP contribution in [0, 0.1) is 6.92 Å². The Hall–Kier alpha value is -2.21. The van der Waals surface area contributed by atoms with Crippen LogP contribution in [0.3, 0.4) is 0 Å². The maximum Gasteiger partial charge on any atom is 0.408 e. The van der Waals surface area contributed by atoms with E-state index in [2.05, 4.69) is 15.2 Å². The van der Waals surface area contributed by atoms with Crippen LogP contribution < -0.4 is 15.4 Å². The number of hydrogen-bond acceptors (Lipinski definition) is 8. The third-order valence-corrected chi connectivity index (χ3v) is 5.97. The molecule has 0 N–H and O–H groups in total. The molecule has 2 aromatic heterocycles. The summed E-state index contributed by atoms with van der Waals surface area (Å²) in [4.78, 5) is 20.3. The van der Waals surface area contributed by atoms with Crippen molar-refractivity contribution in [1.29, 1.82) is 0 Å². The summed E-state index contributed by atoms with van der Waals surface area (Å²) in [6, 6.07) is -0.372. The van der Waals surface area contributed by atoms with Crippen LogP contribution in [0.1, 0.15) is 23.4 Å². The lowest BCUT2D eigenvalue weighted by Gasteiger charge is -2.40. The molecule has 0 aromatic carbocycles. The molecule has 12 heteroatoms. The van der Waals surface area contributed by atoms with Gasteiger partial charge in [0.2, 0.25) is 5.95 Å². The molecular weight excluding hydrogens is 409 g/mol. The summed E-state index contributed by atoms with van der Waals surface area (Å²) in [5.74, 6) is 0.394. The first-order chi connectivity index (χ1) is 13.7. The number of rotatable bonds is 3. The van der Waals surface area contributed by atoms with Gasteiger partial charge in [0.15, 0.2) is 0 Å². The van der Waals surface area contributed by atoms with Gasteiger partial charge in [0, 0.05) is 19.2 Å². The number of aryl methyl sites for hydroxylation is 1. The fourth-order valence-electron chi connectivity index (χ4n) is 3.74. The lowest BCUT2D eigenvalue weighted by molar-refractivity contribution is -0.153. The van der Waals surface area contributed by atoms with Crippen LogP contribution in [0.4, 0.5) is 24.9 Å². The van der Waals surface area contributed by atoms with Crippen molar-refractivity contribution in [2.75, 3.05) is 29.6 Å². The Morgan fingerprint density at radius 1 is 1.31 bits per heavy atom. The van der Waals surface area contributed by atoms with Crippen LogP contribution in [-0.4, -0.2) is 57.8 Å². The number of anilines is 2. The SMILES string of the molecule is Cc1nnc(CN2c3nc(N4CCOC[C@H]4C)cc(=O)n3CC[C@H]2C(F)(F)F)s1. The highest BCUT2D eigenvalue weighted by Crippen LogP contribution is 2.35. The number of morpholine rings is 1. The predicted octanol–water partition coefficient (Wildman–Crippen LogP) is 1.97. The highest BCUT2D eigenvalue weighted by atomic mass is 32.1. The Bertz CT molecular complexity index is 946. The van der Waals surface area contributed by atoms with Gasteiger partial charge < -0.3 is 14.5 Å². The van der Waals surface area contributed by atoms with E-state index in [9.17, 15) is 18.0 Å². The van der Waals surface area contributed by atoms with Crippen molar-refractivity contribution in [3.63, 3.8) is 0 Å². The fraction of sp³-hybridized carbons (Fsp3) is 0.647. The molecule has 0 spiro atoms. The zero-order valence-electron chi connectivity index (χ0n) is 16.0. The Balaban J connectivity index is 1.78. The van der Waals surface area contributed by atoms with Crippen LogP contribution in [-0.2, 0) is 17.8 Å². The van der Waals surface area contributed by atoms with Gasteiger partial charge in [0.25, 0.3) is 5.56 Å². The number of fused-ring (bicyclic) bond motifs is 1. The molecule has 1 fully saturated rings. The van der Waals surface area contributed by atoms with Crippen molar-refractivity contribution in [3.05, 3.63) is 26.4 Å². The molecule has 2 aliphatic heterocycles. The van der Waals surface area contributed by atoms with Gasteiger partial charge in [-0.05, 0) is 20.3 Å². The van der Waals surface area contributed by atoms with Crippen LogP contribution in [0.2, 0.25) is 0 Å². The highest BCUT2D eigenvalue weighted by molar-refractivity contribution is 7.11. The zero-order valence-corrected chi connectivity index (χ0v) is 16.8. The van der Waals surface area contributed by atoms with Gasteiger partial charge in [-0.1, -0.05) is 11.3 Å². The maximum atomic E-state index is 13.8. The first-order valence-corrected chi connectivity index (χ1v) is 10.1. The highest BCUT2D eigenvalue weighted by Gasteiger charge is 2.47. The molecule has 0 amide bonds. The molecule has 0 aliphatic carbocycles. The second kappa shape index (κ2) is 7.56. The molecule has 0 bridgehead atoms. The molecule has 2 aromatic rings. The van der Waals surface area contributed by atoms with E-state index in [1.165, 1.54) is 22.0 Å². The van der Waals surface area contributed by atoms with E-state index >= 15 is 0 Å². The van der Waals surface area contributed by atoms with Gasteiger partial charge in [0.05, 0.1) is 25.8 Å².